The summed E-state index contributed by atoms with van der Waals surface area (Å²) in [4.78, 5) is 24.7. The molecular formula is C14H20N2O5S. The number of anilines is 1. The van der Waals surface area contributed by atoms with Crippen LogP contribution in [0, 0.1) is 0 Å². The highest BCUT2D eigenvalue weighted by Gasteiger charge is 2.27. The lowest BCUT2D eigenvalue weighted by Gasteiger charge is -2.30. The van der Waals surface area contributed by atoms with E-state index in [-0.39, 0.29) is 5.69 Å². The van der Waals surface area contributed by atoms with Gasteiger partial charge in [0.15, 0.2) is 6.61 Å². The van der Waals surface area contributed by atoms with Gasteiger partial charge in [-0.05, 0) is 32.9 Å². The maximum Gasteiger partial charge on any atom is 0.410 e. The van der Waals surface area contributed by atoms with Crippen LogP contribution < -0.4 is 4.72 Å². The lowest BCUT2D eigenvalue weighted by molar-refractivity contribution is -0.114. The number of sulfonamides is 1. The summed E-state index contributed by atoms with van der Waals surface area (Å²) in [7, 11) is -2.75. The van der Waals surface area contributed by atoms with E-state index in [9.17, 15) is 18.0 Å². The number of amides is 1. The minimum atomic E-state index is -4.25. The number of nitrogens with zero attached hydrogens (tertiary/aromatic N) is 1. The molecule has 0 unspecified atom stereocenters. The average Bonchev–Trinajstić information content (AvgIpc) is 2.43. The molecule has 1 rings (SSSR count). The van der Waals surface area contributed by atoms with E-state index in [2.05, 4.69) is 4.72 Å². The molecule has 22 heavy (non-hydrogen) atoms. The summed E-state index contributed by atoms with van der Waals surface area (Å²) in [5.41, 5.74) is -0.240. The van der Waals surface area contributed by atoms with Gasteiger partial charge in [0.05, 0.1) is 0 Å². The van der Waals surface area contributed by atoms with Crippen molar-refractivity contribution in [2.75, 3.05) is 18.4 Å². The molecular weight excluding hydrogens is 308 g/mol. The van der Waals surface area contributed by atoms with E-state index in [1.807, 2.05) is 0 Å². The number of nitrogens with one attached hydrogen (secondary N) is 1. The summed E-state index contributed by atoms with van der Waals surface area (Å²) in [6.07, 6.45) is -0.768. The topological polar surface area (TPSA) is 92.8 Å². The van der Waals surface area contributed by atoms with Crippen molar-refractivity contribution in [3.8, 4) is 0 Å². The van der Waals surface area contributed by atoms with Crippen LogP contribution in [0.4, 0.5) is 10.5 Å². The largest absolute Gasteiger partial charge is 0.440 e. The second-order valence-electron chi connectivity index (χ2n) is 5.63. The van der Waals surface area contributed by atoms with E-state index in [4.69, 9.17) is 4.74 Å². The molecule has 7 nitrogen and oxygen atoms in total. The molecule has 0 heterocycles. The van der Waals surface area contributed by atoms with Crippen molar-refractivity contribution >= 4 is 26.9 Å². The third-order valence-electron chi connectivity index (χ3n) is 2.92. The number of hydrogen-bond donors (Lipinski definition) is 1. The monoisotopic (exact) mass is 328 g/mol. The molecule has 122 valence electrons. The zero-order chi connectivity index (χ0) is 17.0. The third kappa shape index (κ3) is 5.03. The second-order valence-corrected chi connectivity index (χ2v) is 7.29. The minimum absolute atomic E-state index is 0.258. The van der Waals surface area contributed by atoms with Crippen molar-refractivity contribution in [2.24, 2.45) is 0 Å². The third-order valence-corrected chi connectivity index (χ3v) is 4.14. The summed E-state index contributed by atoms with van der Waals surface area (Å²) in [6, 6.07) is 7.97. The fourth-order valence-electron chi connectivity index (χ4n) is 1.29. The zero-order valence-corrected chi connectivity index (χ0v) is 13.8. The van der Waals surface area contributed by atoms with Crippen LogP contribution in [0.1, 0.15) is 20.8 Å². The predicted molar refractivity (Wildman–Crippen MR) is 82.9 cm³/mol. The Morgan fingerprint density at radius 1 is 1.18 bits per heavy atom. The molecule has 0 radical (unpaired) electrons. The Kier molecular flexibility index (Phi) is 5.54. The van der Waals surface area contributed by atoms with Crippen molar-refractivity contribution in [3.05, 3.63) is 30.3 Å². The first kappa shape index (κ1) is 18.0. The van der Waals surface area contributed by atoms with Gasteiger partial charge in [-0.15, -0.1) is 0 Å². The fourth-order valence-corrected chi connectivity index (χ4v) is 2.06. The molecule has 1 aromatic rings. The molecule has 0 aromatic heterocycles. The Morgan fingerprint density at radius 2 is 1.73 bits per heavy atom. The highest BCUT2D eigenvalue weighted by molar-refractivity contribution is 8.07. The molecule has 1 aromatic carbocycles. The number of carbonyl (C=O) groups excluding carboxylic acids is 2. The van der Waals surface area contributed by atoms with Crippen LogP contribution in [-0.2, 0) is 19.6 Å². The SMILES string of the molecule is CN(C(=O)OCC(=O)S(=O)(=O)Nc1ccccc1)C(C)(C)C. The van der Waals surface area contributed by atoms with E-state index >= 15 is 0 Å². The Balaban J connectivity index is 2.63. The van der Waals surface area contributed by atoms with Gasteiger partial charge in [-0.25, -0.2) is 4.79 Å². The standard InChI is InChI=1S/C14H20N2O5S/c1-14(2,3)16(4)13(18)21-10-12(17)22(19,20)15-11-8-6-5-7-9-11/h5-9,15H,10H2,1-4H3. The number of benzene rings is 1. The number of para-hydroxylation sites is 1. The Labute approximate surface area is 130 Å². The van der Waals surface area contributed by atoms with Gasteiger partial charge in [-0.1, -0.05) is 18.2 Å². The molecule has 0 atom stereocenters. The molecule has 1 amide bonds. The molecule has 0 saturated heterocycles. The summed E-state index contributed by atoms with van der Waals surface area (Å²) in [5, 5.41) is -1.22. The lowest BCUT2D eigenvalue weighted by atomic mass is 10.1. The molecule has 8 heteroatoms. The van der Waals surface area contributed by atoms with Crippen LogP contribution in [0.2, 0.25) is 0 Å². The van der Waals surface area contributed by atoms with E-state index < -0.39 is 33.4 Å². The van der Waals surface area contributed by atoms with Crippen molar-refractivity contribution in [1.29, 1.82) is 0 Å². The number of hydrogen-bond acceptors (Lipinski definition) is 5. The molecule has 0 spiro atoms. The Bertz CT molecular complexity index is 635. The van der Waals surface area contributed by atoms with Crippen LogP contribution in [-0.4, -0.2) is 43.7 Å². The highest BCUT2D eigenvalue weighted by Crippen LogP contribution is 2.12. The molecule has 0 aliphatic carbocycles. The van der Waals surface area contributed by atoms with Crippen LogP contribution >= 0.6 is 0 Å². The van der Waals surface area contributed by atoms with Crippen molar-refractivity contribution in [2.45, 2.75) is 26.3 Å². The summed E-state index contributed by atoms with van der Waals surface area (Å²) < 4.78 is 30.5. The quantitative estimate of drug-likeness (QED) is 0.910. The first-order valence-electron chi connectivity index (χ1n) is 6.55. The summed E-state index contributed by atoms with van der Waals surface area (Å²) in [6.45, 7) is 4.50. The average molecular weight is 328 g/mol. The minimum Gasteiger partial charge on any atom is -0.440 e. The van der Waals surface area contributed by atoms with Crippen LogP contribution in [0.3, 0.4) is 0 Å². The van der Waals surface area contributed by atoms with Gasteiger partial charge in [-0.2, -0.15) is 8.42 Å². The predicted octanol–water partition coefficient (Wildman–Crippen LogP) is 1.82. The Morgan fingerprint density at radius 3 is 2.23 bits per heavy atom. The first-order chi connectivity index (χ1) is 10.0. The second kappa shape index (κ2) is 6.78. The van der Waals surface area contributed by atoms with Crippen LogP contribution in [0.5, 0.6) is 0 Å². The molecule has 1 N–H and O–H groups in total. The highest BCUT2D eigenvalue weighted by atomic mass is 32.2. The van der Waals surface area contributed by atoms with Crippen LogP contribution in [0.25, 0.3) is 0 Å². The van der Waals surface area contributed by atoms with Gasteiger partial charge in [-0.3, -0.25) is 9.52 Å². The first-order valence-corrected chi connectivity index (χ1v) is 8.03. The van der Waals surface area contributed by atoms with E-state index in [0.717, 1.165) is 0 Å². The van der Waals surface area contributed by atoms with Crippen molar-refractivity contribution in [3.63, 3.8) is 0 Å². The Hall–Kier alpha value is -2.09. The molecule has 0 saturated carbocycles. The van der Waals surface area contributed by atoms with Crippen molar-refractivity contribution in [1.82, 2.24) is 4.90 Å². The van der Waals surface area contributed by atoms with Crippen molar-refractivity contribution < 1.29 is 22.7 Å². The number of ether oxygens (including phenoxy) is 1. The fraction of sp³-hybridized carbons (Fsp3) is 0.429. The maximum absolute atomic E-state index is 11.8. The van der Waals surface area contributed by atoms with Crippen LogP contribution in [0.15, 0.2) is 30.3 Å². The molecule has 0 fully saturated rings. The lowest BCUT2D eigenvalue weighted by Crippen LogP contribution is -2.43. The molecule has 0 aliphatic rings. The molecule has 0 aliphatic heterocycles. The zero-order valence-electron chi connectivity index (χ0n) is 13.0. The van der Waals surface area contributed by atoms with Gasteiger partial charge in [0.25, 0.3) is 10.0 Å². The smallest absolute Gasteiger partial charge is 0.410 e. The number of rotatable bonds is 4. The van der Waals surface area contributed by atoms with Gasteiger partial charge in [0.1, 0.15) is 0 Å². The maximum atomic E-state index is 11.8. The normalized spacial score (nSPS) is 11.6. The van der Waals surface area contributed by atoms with Gasteiger partial charge in [0.2, 0.25) is 0 Å². The van der Waals surface area contributed by atoms with E-state index in [1.54, 1.807) is 39.0 Å². The number of carbonyl (C=O) groups is 2. The summed E-state index contributed by atoms with van der Waals surface area (Å²) >= 11 is 0. The van der Waals surface area contributed by atoms with Gasteiger partial charge >= 0.3 is 11.2 Å². The van der Waals surface area contributed by atoms with E-state index in [1.165, 1.54) is 24.1 Å². The van der Waals surface area contributed by atoms with Gasteiger partial charge in [0, 0.05) is 18.3 Å². The van der Waals surface area contributed by atoms with Gasteiger partial charge < -0.3 is 9.64 Å². The summed E-state index contributed by atoms with van der Waals surface area (Å²) in [5.74, 6) is 0. The molecule has 0 bridgehead atoms. The van der Waals surface area contributed by atoms with E-state index in [0.29, 0.717) is 0 Å².